The average molecular weight is 1090 g/mol. The first-order valence-corrected chi connectivity index (χ1v) is 24.7. The molecular formula is C46H75N11O19. The van der Waals surface area contributed by atoms with Gasteiger partial charge >= 0.3 is 5.97 Å². The Balaban J connectivity index is 3.23. The van der Waals surface area contributed by atoms with Crippen molar-refractivity contribution in [3.63, 3.8) is 0 Å². The number of amides is 11. The number of piperidine rings is 1. The smallest absolute Gasteiger partial charge is 0.335 e. The number of aliphatic hydroxyl groups is 4. The van der Waals surface area contributed by atoms with Crippen LogP contribution in [-0.2, 0) is 57.5 Å². The molecule has 1 rings (SSSR count). The maximum Gasteiger partial charge on any atom is 0.335 e. The maximum atomic E-state index is 13.7. The lowest BCUT2D eigenvalue weighted by Gasteiger charge is -2.29. The zero-order valence-corrected chi connectivity index (χ0v) is 42.8. The summed E-state index contributed by atoms with van der Waals surface area (Å²) < 4.78 is 0. The second kappa shape index (κ2) is 36.0. The van der Waals surface area contributed by atoms with E-state index in [0.29, 0.717) is 29.4 Å². The van der Waals surface area contributed by atoms with E-state index < -0.39 is 164 Å². The molecule has 1 heterocycles. The number of nitrogens with zero attached hydrogens (tertiary/aromatic N) is 2. The van der Waals surface area contributed by atoms with Crippen LogP contribution in [0.2, 0.25) is 0 Å². The number of carbonyl (C=O) groups is 12. The highest BCUT2D eigenvalue weighted by molar-refractivity contribution is 6.02. The number of rotatable bonds is 36. The molecule has 1 aliphatic heterocycles. The molecule has 1 aliphatic rings. The van der Waals surface area contributed by atoms with E-state index in [4.69, 9.17) is 5.73 Å². The van der Waals surface area contributed by atoms with E-state index in [1.54, 1.807) is 0 Å². The Morgan fingerprint density at radius 1 is 0.711 bits per heavy atom. The summed E-state index contributed by atoms with van der Waals surface area (Å²) in [6, 6.07) is -12.6. The van der Waals surface area contributed by atoms with Gasteiger partial charge < -0.3 is 73.8 Å². The number of hydrogen-bond acceptors (Lipinski definition) is 18. The first kappa shape index (κ1) is 66.9. The third-order valence-electron chi connectivity index (χ3n) is 11.5. The lowest BCUT2D eigenvalue weighted by atomic mass is 10.1. The summed E-state index contributed by atoms with van der Waals surface area (Å²) in [5.41, 5.74) is 4.71. The van der Waals surface area contributed by atoms with Gasteiger partial charge in [-0.2, -0.15) is 0 Å². The summed E-state index contributed by atoms with van der Waals surface area (Å²) in [6.45, 7) is 0.623. The fourth-order valence-electron chi connectivity index (χ4n) is 7.05. The standard InChI is InChI=1S/C46H75N11O19/c1-4-6-7-8-9-10-11-12-13-18-35(63)55-36(37(64)46(73)74)44(71)54-33(25-60)42(69)50-29(19-20-34(47)62)40(67)53-31(23-58)41(68)49-28(16-14-21-56(75)26(3)61)39(66)48-27(5-2)38(65)52-32(24-59)43(70)51-30-17-15-22-57(76)45(30)72/h5,10-11,28-33,36-37,58-60,64,75-76H,4,6-9,12-25H2,1-3H3,(H2,47,62)(H,48,66)(H,49,68)(H,50,69)(H,51,70)(H,52,65)(H,53,67)(H,54,71)(H,55,63)(H,73,74)/b11-10-,27-5-/t28-,29-,30+,31+,32+,33-,36+,37+/m0/s1. The van der Waals surface area contributed by atoms with Crippen LogP contribution in [0.4, 0.5) is 0 Å². The number of aliphatic carboxylic acids is 1. The third kappa shape index (κ3) is 24.5. The summed E-state index contributed by atoms with van der Waals surface area (Å²) in [4.78, 5) is 154. The number of hydrogen-bond donors (Lipinski definition) is 16. The predicted octanol–water partition coefficient (Wildman–Crippen LogP) is -5.19. The van der Waals surface area contributed by atoms with Crippen LogP contribution in [0.15, 0.2) is 23.9 Å². The van der Waals surface area contributed by atoms with Crippen molar-refractivity contribution in [1.82, 2.24) is 52.7 Å². The average Bonchev–Trinajstić information content (AvgIpc) is 3.37. The third-order valence-corrected chi connectivity index (χ3v) is 11.5. The van der Waals surface area contributed by atoms with Crippen LogP contribution in [0.25, 0.3) is 0 Å². The maximum absolute atomic E-state index is 13.7. The minimum Gasteiger partial charge on any atom is -0.479 e. The van der Waals surface area contributed by atoms with Gasteiger partial charge in [-0.3, -0.25) is 63.2 Å². The molecule has 30 heteroatoms. The van der Waals surface area contributed by atoms with E-state index in [2.05, 4.69) is 44.1 Å². The van der Waals surface area contributed by atoms with Gasteiger partial charge in [0.15, 0.2) is 6.10 Å². The van der Waals surface area contributed by atoms with Crippen LogP contribution in [0.5, 0.6) is 0 Å². The SMILES string of the molecule is C/C=C(\NC(=O)[C@H](CCCN(O)C(C)=O)NC(=O)[C@@H](CO)NC(=O)[C@H](CCC(N)=O)NC(=O)[C@H](CO)NC(=O)[C@H](NC(=O)CCC/C=C\CCCCCC)[C@@H](O)C(=O)O)C(=O)N[C@H](CO)C(=O)N[C@@H]1CCCN(O)C1=O. The lowest BCUT2D eigenvalue weighted by Crippen LogP contribution is -2.62. The first-order chi connectivity index (χ1) is 36.0. The second-order valence-electron chi connectivity index (χ2n) is 17.5. The molecule has 30 nitrogen and oxygen atoms in total. The predicted molar refractivity (Wildman–Crippen MR) is 262 cm³/mol. The van der Waals surface area contributed by atoms with Crippen LogP contribution in [0.3, 0.4) is 0 Å². The molecular weight excluding hydrogens is 1010 g/mol. The number of carboxylic acids is 1. The quantitative estimate of drug-likeness (QED) is 0.00917. The number of nitrogens with one attached hydrogen (secondary N) is 8. The van der Waals surface area contributed by atoms with Crippen LogP contribution in [0, 0.1) is 0 Å². The van der Waals surface area contributed by atoms with Crippen LogP contribution in [0.1, 0.15) is 111 Å². The summed E-state index contributed by atoms with van der Waals surface area (Å²) in [7, 11) is 0. The summed E-state index contributed by atoms with van der Waals surface area (Å²) in [5.74, 6) is -14.1. The highest BCUT2D eigenvalue weighted by Crippen LogP contribution is 2.11. The Kier molecular flexibility index (Phi) is 31.7. The molecule has 11 amide bonds. The monoisotopic (exact) mass is 1090 g/mol. The molecule has 8 atom stereocenters. The summed E-state index contributed by atoms with van der Waals surface area (Å²) in [6.07, 6.45) is 6.73. The Morgan fingerprint density at radius 3 is 1.79 bits per heavy atom. The zero-order valence-electron chi connectivity index (χ0n) is 42.8. The van der Waals surface area contributed by atoms with E-state index in [-0.39, 0.29) is 32.4 Å². The summed E-state index contributed by atoms with van der Waals surface area (Å²) in [5, 5.41) is 87.5. The molecule has 0 aromatic carbocycles. The molecule has 0 aliphatic carbocycles. The van der Waals surface area contributed by atoms with E-state index >= 15 is 0 Å². The van der Waals surface area contributed by atoms with Gasteiger partial charge in [-0.1, -0.05) is 44.4 Å². The second-order valence-corrected chi connectivity index (χ2v) is 17.5. The van der Waals surface area contributed by atoms with Crippen molar-refractivity contribution in [2.24, 2.45) is 5.73 Å². The number of hydroxylamine groups is 4. The van der Waals surface area contributed by atoms with Gasteiger partial charge in [0.2, 0.25) is 53.2 Å². The minimum absolute atomic E-state index is 0.0222. The molecule has 0 bridgehead atoms. The number of nitrogens with two attached hydrogens (primary N) is 1. The molecule has 428 valence electrons. The Morgan fingerprint density at radius 2 is 1.25 bits per heavy atom. The van der Waals surface area contributed by atoms with Crippen LogP contribution < -0.4 is 48.3 Å². The van der Waals surface area contributed by atoms with Crippen molar-refractivity contribution in [1.29, 1.82) is 0 Å². The zero-order chi connectivity index (χ0) is 57.5. The van der Waals surface area contributed by atoms with Crippen molar-refractivity contribution in [3.8, 4) is 0 Å². The molecule has 1 fully saturated rings. The summed E-state index contributed by atoms with van der Waals surface area (Å²) >= 11 is 0. The fourth-order valence-corrected chi connectivity index (χ4v) is 7.05. The van der Waals surface area contributed by atoms with Crippen molar-refractivity contribution in [3.05, 3.63) is 23.9 Å². The number of primary amides is 1. The van der Waals surface area contributed by atoms with Crippen molar-refractivity contribution in [2.45, 2.75) is 159 Å². The molecule has 0 unspecified atom stereocenters. The molecule has 1 saturated heterocycles. The van der Waals surface area contributed by atoms with E-state index in [1.165, 1.54) is 6.92 Å². The van der Waals surface area contributed by atoms with Gasteiger partial charge in [0.1, 0.15) is 48.0 Å². The molecule has 0 aromatic heterocycles. The molecule has 0 radical (unpaired) electrons. The number of aliphatic hydroxyl groups excluding tert-OH is 4. The van der Waals surface area contributed by atoms with Crippen molar-refractivity contribution in [2.75, 3.05) is 32.9 Å². The number of allylic oxidation sites excluding steroid dienone is 3. The number of carboxylic acid groups (broad SMARTS) is 1. The Bertz CT molecular complexity index is 2070. The van der Waals surface area contributed by atoms with Gasteiger partial charge in [0.05, 0.1) is 19.8 Å². The molecule has 0 spiro atoms. The number of unbranched alkanes of at least 4 members (excludes halogenated alkanes) is 5. The highest BCUT2D eigenvalue weighted by Gasteiger charge is 2.37. The Labute approximate surface area is 437 Å². The first-order valence-electron chi connectivity index (χ1n) is 24.7. The van der Waals surface area contributed by atoms with E-state index in [0.717, 1.165) is 45.1 Å². The minimum atomic E-state index is -2.54. The Hall–Kier alpha value is -7.12. The van der Waals surface area contributed by atoms with Crippen molar-refractivity contribution >= 4 is 70.9 Å². The molecule has 17 N–H and O–H groups in total. The highest BCUT2D eigenvalue weighted by atomic mass is 16.5. The van der Waals surface area contributed by atoms with Gasteiger partial charge in [-0.15, -0.1) is 0 Å². The van der Waals surface area contributed by atoms with Crippen LogP contribution >= 0.6 is 0 Å². The molecule has 0 aromatic rings. The van der Waals surface area contributed by atoms with Crippen molar-refractivity contribution < 1.29 is 93.5 Å². The van der Waals surface area contributed by atoms with Gasteiger partial charge in [0.25, 0.3) is 11.8 Å². The molecule has 76 heavy (non-hydrogen) atoms. The topological polar surface area (TPSA) is 475 Å². The number of carbonyl (C=O) groups excluding carboxylic acids is 11. The normalized spacial score (nSPS) is 16.3. The fraction of sp³-hybridized carbons (Fsp3) is 0.652. The van der Waals surface area contributed by atoms with E-state index in [1.807, 2.05) is 17.5 Å². The van der Waals surface area contributed by atoms with Gasteiger partial charge in [0, 0.05) is 32.9 Å². The van der Waals surface area contributed by atoms with Gasteiger partial charge in [-0.05, 0) is 64.7 Å². The lowest BCUT2D eigenvalue weighted by molar-refractivity contribution is -0.173. The van der Waals surface area contributed by atoms with Crippen LogP contribution in [-0.4, -0.2) is 198 Å². The van der Waals surface area contributed by atoms with Gasteiger partial charge in [-0.25, -0.2) is 14.9 Å². The molecule has 0 saturated carbocycles. The van der Waals surface area contributed by atoms with E-state index in [9.17, 15) is 93.5 Å². The largest absolute Gasteiger partial charge is 0.479 e.